The van der Waals surface area contributed by atoms with Crippen molar-refractivity contribution in [1.82, 2.24) is 19.7 Å². The predicted molar refractivity (Wildman–Crippen MR) is 129 cm³/mol. The summed E-state index contributed by atoms with van der Waals surface area (Å²) in [5, 5.41) is 13.8. The van der Waals surface area contributed by atoms with Crippen LogP contribution in [0.4, 0.5) is 5.69 Å². The van der Waals surface area contributed by atoms with Gasteiger partial charge in [0.2, 0.25) is 5.91 Å². The first-order valence-corrected chi connectivity index (χ1v) is 12.0. The van der Waals surface area contributed by atoms with Crippen LogP contribution in [0, 0.1) is 6.92 Å². The van der Waals surface area contributed by atoms with E-state index in [4.69, 9.17) is 0 Å². The van der Waals surface area contributed by atoms with Crippen LogP contribution in [0.15, 0.2) is 59.6 Å². The average molecular weight is 444 g/mol. The molecule has 0 atom stereocenters. The van der Waals surface area contributed by atoms with Crippen molar-refractivity contribution in [2.75, 3.05) is 11.1 Å². The molecule has 0 saturated carbocycles. The first kappa shape index (κ1) is 20.7. The number of nitrogens with one attached hydrogen (secondary N) is 1. The highest BCUT2D eigenvalue weighted by molar-refractivity contribution is 7.99. The third-order valence-electron chi connectivity index (χ3n) is 5.79. The van der Waals surface area contributed by atoms with Gasteiger partial charge in [0.05, 0.1) is 16.3 Å². The Hall–Kier alpha value is -3.19. The molecule has 162 valence electrons. The lowest BCUT2D eigenvalue weighted by atomic mass is 10.1. The third-order valence-corrected chi connectivity index (χ3v) is 6.70. The number of aromatic nitrogens is 4. The number of carbonyl (C=O) groups excluding carboxylic acids is 1. The molecule has 3 heterocycles. The molecule has 1 aliphatic heterocycles. The van der Waals surface area contributed by atoms with Crippen molar-refractivity contribution in [3.05, 3.63) is 66.0 Å². The van der Waals surface area contributed by atoms with Crippen LogP contribution >= 0.6 is 11.8 Å². The lowest BCUT2D eigenvalue weighted by Crippen LogP contribution is -2.14. The van der Waals surface area contributed by atoms with Crippen molar-refractivity contribution in [3.63, 3.8) is 0 Å². The standard InChI is InChI=1S/C25H25N5OS/c1-17-15-24(27-21-8-5-4-7-20(17)21)32-16-23(31)26-19-12-10-18(11-13-19)25-29-28-22-9-3-2-6-14-30(22)25/h4-5,7-8,10-13,15H,2-3,6,9,14,16H2,1H3,(H,26,31). The van der Waals surface area contributed by atoms with E-state index in [2.05, 4.69) is 38.1 Å². The molecule has 0 saturated heterocycles. The molecule has 6 nitrogen and oxygen atoms in total. The Bertz CT molecular complexity index is 1270. The molecule has 1 amide bonds. The molecule has 1 N–H and O–H groups in total. The fourth-order valence-corrected chi connectivity index (χ4v) is 4.90. The Morgan fingerprint density at radius 3 is 2.78 bits per heavy atom. The maximum atomic E-state index is 12.5. The largest absolute Gasteiger partial charge is 0.325 e. The number of aryl methyl sites for hydroxylation is 2. The summed E-state index contributed by atoms with van der Waals surface area (Å²) in [6.07, 6.45) is 4.56. The van der Waals surface area contributed by atoms with Gasteiger partial charge < -0.3 is 9.88 Å². The molecule has 0 radical (unpaired) electrons. The molecule has 0 fully saturated rings. The first-order chi connectivity index (χ1) is 15.7. The monoisotopic (exact) mass is 443 g/mol. The molecule has 2 aromatic carbocycles. The Morgan fingerprint density at radius 2 is 1.91 bits per heavy atom. The molecular weight excluding hydrogens is 418 g/mol. The van der Waals surface area contributed by atoms with Gasteiger partial charge in [0.25, 0.3) is 0 Å². The normalized spacial score (nSPS) is 13.5. The molecule has 0 aliphatic carbocycles. The van der Waals surface area contributed by atoms with Crippen molar-refractivity contribution in [1.29, 1.82) is 0 Å². The number of pyridine rings is 1. The lowest BCUT2D eigenvalue weighted by molar-refractivity contribution is -0.113. The zero-order valence-electron chi connectivity index (χ0n) is 18.0. The highest BCUT2D eigenvalue weighted by Crippen LogP contribution is 2.25. The van der Waals surface area contributed by atoms with E-state index in [-0.39, 0.29) is 5.91 Å². The van der Waals surface area contributed by atoms with Crippen molar-refractivity contribution < 1.29 is 4.79 Å². The van der Waals surface area contributed by atoms with Crippen LogP contribution in [-0.2, 0) is 17.8 Å². The van der Waals surface area contributed by atoms with Crippen LogP contribution in [0.2, 0.25) is 0 Å². The average Bonchev–Trinajstić information content (AvgIpc) is 3.06. The number of amides is 1. The predicted octanol–water partition coefficient (Wildman–Crippen LogP) is 5.26. The first-order valence-electron chi connectivity index (χ1n) is 11.0. The van der Waals surface area contributed by atoms with Crippen LogP contribution in [0.1, 0.15) is 30.7 Å². The second kappa shape index (κ2) is 9.12. The fraction of sp³-hybridized carbons (Fsp3) is 0.280. The van der Waals surface area contributed by atoms with Crippen LogP contribution in [0.3, 0.4) is 0 Å². The molecule has 32 heavy (non-hydrogen) atoms. The Balaban J connectivity index is 1.22. The van der Waals surface area contributed by atoms with Crippen molar-refractivity contribution >= 4 is 34.3 Å². The van der Waals surface area contributed by atoms with Gasteiger partial charge in [-0.25, -0.2) is 4.98 Å². The zero-order valence-corrected chi connectivity index (χ0v) is 18.9. The minimum Gasteiger partial charge on any atom is -0.325 e. The fourth-order valence-electron chi connectivity index (χ4n) is 4.13. The topological polar surface area (TPSA) is 72.7 Å². The number of hydrogen-bond donors (Lipinski definition) is 1. The van der Waals surface area contributed by atoms with E-state index in [1.54, 1.807) is 0 Å². The summed E-state index contributed by atoms with van der Waals surface area (Å²) in [6, 6.07) is 18.0. The van der Waals surface area contributed by atoms with E-state index in [0.717, 1.165) is 58.2 Å². The van der Waals surface area contributed by atoms with Gasteiger partial charge in [-0.3, -0.25) is 4.79 Å². The van der Waals surface area contributed by atoms with Gasteiger partial charge in [0, 0.05) is 29.6 Å². The minimum atomic E-state index is -0.0493. The smallest absolute Gasteiger partial charge is 0.234 e. The molecule has 5 rings (SSSR count). The molecule has 0 bridgehead atoms. The van der Waals surface area contributed by atoms with Crippen molar-refractivity contribution in [3.8, 4) is 11.4 Å². The highest BCUT2D eigenvalue weighted by atomic mass is 32.2. The molecule has 0 spiro atoms. The van der Waals surface area contributed by atoms with Gasteiger partial charge in [0.15, 0.2) is 5.82 Å². The van der Waals surface area contributed by atoms with Crippen molar-refractivity contribution in [2.45, 2.75) is 44.2 Å². The lowest BCUT2D eigenvalue weighted by Gasteiger charge is -2.09. The maximum Gasteiger partial charge on any atom is 0.234 e. The Kier molecular flexibility index (Phi) is 5.90. The number of carbonyl (C=O) groups is 1. The number of nitrogens with zero attached hydrogens (tertiary/aromatic N) is 4. The van der Waals surface area contributed by atoms with Gasteiger partial charge in [0.1, 0.15) is 5.82 Å². The SMILES string of the molecule is Cc1cc(SCC(=O)Nc2ccc(-c3nnc4n3CCCCC4)cc2)nc2ccccc12. The second-order valence-electron chi connectivity index (χ2n) is 8.11. The van der Waals surface area contributed by atoms with E-state index in [1.807, 2.05) is 48.5 Å². The molecule has 0 unspecified atom stereocenters. The van der Waals surface area contributed by atoms with Gasteiger partial charge >= 0.3 is 0 Å². The Labute approximate surface area is 191 Å². The zero-order chi connectivity index (χ0) is 21.9. The summed E-state index contributed by atoms with van der Waals surface area (Å²) >= 11 is 1.45. The van der Waals surface area contributed by atoms with Crippen LogP contribution < -0.4 is 5.32 Å². The second-order valence-corrected chi connectivity index (χ2v) is 9.11. The van der Waals surface area contributed by atoms with Gasteiger partial charge in [-0.1, -0.05) is 36.4 Å². The van der Waals surface area contributed by atoms with E-state index in [0.29, 0.717) is 5.75 Å². The summed E-state index contributed by atoms with van der Waals surface area (Å²) < 4.78 is 2.23. The highest BCUT2D eigenvalue weighted by Gasteiger charge is 2.16. The van der Waals surface area contributed by atoms with Gasteiger partial charge in [-0.2, -0.15) is 0 Å². The molecule has 2 aromatic heterocycles. The maximum absolute atomic E-state index is 12.5. The quantitative estimate of drug-likeness (QED) is 0.426. The minimum absolute atomic E-state index is 0.0493. The molecule has 7 heteroatoms. The van der Waals surface area contributed by atoms with Crippen LogP contribution in [0.25, 0.3) is 22.3 Å². The number of benzene rings is 2. The van der Waals surface area contributed by atoms with Crippen molar-refractivity contribution in [2.24, 2.45) is 0 Å². The molecular formula is C25H25N5OS. The number of anilines is 1. The van der Waals surface area contributed by atoms with Gasteiger partial charge in [-0.15, -0.1) is 10.2 Å². The van der Waals surface area contributed by atoms with E-state index in [1.165, 1.54) is 30.2 Å². The molecule has 1 aliphatic rings. The summed E-state index contributed by atoms with van der Waals surface area (Å²) in [4.78, 5) is 17.2. The number of fused-ring (bicyclic) bond motifs is 2. The number of rotatable bonds is 5. The summed E-state index contributed by atoms with van der Waals surface area (Å²) in [5.41, 5.74) is 3.92. The van der Waals surface area contributed by atoms with Crippen LogP contribution in [-0.4, -0.2) is 31.4 Å². The third kappa shape index (κ3) is 4.39. The molecule has 4 aromatic rings. The van der Waals surface area contributed by atoms with E-state index >= 15 is 0 Å². The van der Waals surface area contributed by atoms with Crippen LogP contribution in [0.5, 0.6) is 0 Å². The van der Waals surface area contributed by atoms with Gasteiger partial charge in [-0.05, 0) is 61.7 Å². The summed E-state index contributed by atoms with van der Waals surface area (Å²) in [7, 11) is 0. The van der Waals surface area contributed by atoms with E-state index < -0.39 is 0 Å². The summed E-state index contributed by atoms with van der Waals surface area (Å²) in [6.45, 7) is 3.04. The summed E-state index contributed by atoms with van der Waals surface area (Å²) in [5.74, 6) is 2.24. The number of hydrogen-bond acceptors (Lipinski definition) is 5. The number of para-hydroxylation sites is 1. The van der Waals surface area contributed by atoms with E-state index in [9.17, 15) is 4.79 Å². The Morgan fingerprint density at radius 1 is 1.06 bits per heavy atom. The number of thioether (sulfide) groups is 1.